The number of primary amides is 1. The molecule has 3 amide bonds. The number of hydrogen-bond acceptors (Lipinski definition) is 4. The molecule has 2 aromatic rings. The van der Waals surface area contributed by atoms with Crippen molar-refractivity contribution >= 4 is 17.6 Å². The molecule has 4 N–H and O–H groups in total. The first-order chi connectivity index (χ1) is 11.3. The first-order valence-electron chi connectivity index (χ1n) is 7.43. The van der Waals surface area contributed by atoms with E-state index in [0.717, 1.165) is 5.56 Å². The van der Waals surface area contributed by atoms with Gasteiger partial charge >= 0.3 is 6.03 Å². The van der Waals surface area contributed by atoms with Gasteiger partial charge in [-0.1, -0.05) is 6.07 Å². The minimum Gasteiger partial charge on any atom is -0.439 e. The predicted octanol–water partition coefficient (Wildman–Crippen LogP) is 2.49. The molecule has 1 aromatic heterocycles. The number of amides is 3. The molecule has 0 radical (unpaired) electrons. The van der Waals surface area contributed by atoms with E-state index in [4.69, 9.17) is 10.5 Å². The first-order valence-corrected chi connectivity index (χ1v) is 7.43. The number of carbonyl (C=O) groups excluding carboxylic acids is 2. The molecule has 126 valence electrons. The molecule has 0 fully saturated rings. The van der Waals surface area contributed by atoms with Crippen molar-refractivity contribution in [2.45, 2.75) is 26.8 Å². The van der Waals surface area contributed by atoms with Crippen LogP contribution >= 0.6 is 0 Å². The van der Waals surface area contributed by atoms with E-state index in [1.54, 1.807) is 12.1 Å². The van der Waals surface area contributed by atoms with Crippen molar-refractivity contribution in [2.75, 3.05) is 5.32 Å². The number of benzene rings is 1. The zero-order chi connectivity index (χ0) is 17.7. The Kier molecular flexibility index (Phi) is 5.36. The number of rotatable bonds is 5. The van der Waals surface area contributed by atoms with Crippen LogP contribution in [-0.4, -0.2) is 23.0 Å². The first kappa shape index (κ1) is 17.3. The lowest BCUT2D eigenvalue weighted by Gasteiger charge is -2.12. The molecule has 0 unspecified atom stereocenters. The molecule has 0 bridgehead atoms. The van der Waals surface area contributed by atoms with Crippen LogP contribution in [0.5, 0.6) is 11.6 Å². The molecule has 2 rings (SSSR count). The molecule has 0 saturated carbocycles. The molecule has 1 atom stereocenters. The van der Waals surface area contributed by atoms with Crippen LogP contribution in [0.25, 0.3) is 0 Å². The second-order valence-corrected chi connectivity index (χ2v) is 5.45. The van der Waals surface area contributed by atoms with Gasteiger partial charge in [0.05, 0.1) is 11.9 Å². The third-order valence-electron chi connectivity index (χ3n) is 3.46. The normalized spacial score (nSPS) is 11.5. The van der Waals surface area contributed by atoms with E-state index in [1.165, 1.54) is 18.7 Å². The highest BCUT2D eigenvalue weighted by Crippen LogP contribution is 2.22. The summed E-state index contributed by atoms with van der Waals surface area (Å²) < 4.78 is 5.68. The Balaban J connectivity index is 1.98. The topological polar surface area (TPSA) is 106 Å². The highest BCUT2D eigenvalue weighted by atomic mass is 16.5. The molecular formula is C17H20N4O3. The summed E-state index contributed by atoms with van der Waals surface area (Å²) in [4.78, 5) is 26.7. The van der Waals surface area contributed by atoms with Crippen LogP contribution < -0.4 is 21.1 Å². The fraction of sp³-hybridized carbons (Fsp3) is 0.235. The summed E-state index contributed by atoms with van der Waals surface area (Å²) in [5, 5.41) is 4.93. The molecule has 0 spiro atoms. The molecule has 0 saturated heterocycles. The van der Waals surface area contributed by atoms with Crippen molar-refractivity contribution in [3.05, 3.63) is 47.7 Å². The Hall–Kier alpha value is -3.09. The maximum atomic E-state index is 11.9. The second kappa shape index (κ2) is 7.45. The fourth-order valence-corrected chi connectivity index (χ4v) is 1.94. The summed E-state index contributed by atoms with van der Waals surface area (Å²) in [6.07, 6.45) is 1.48. The van der Waals surface area contributed by atoms with Crippen LogP contribution in [0.15, 0.2) is 36.5 Å². The van der Waals surface area contributed by atoms with Crippen molar-refractivity contribution < 1.29 is 14.3 Å². The van der Waals surface area contributed by atoms with Crippen molar-refractivity contribution in [2.24, 2.45) is 5.73 Å². The SMILES string of the molecule is Cc1ccc(Oc2ccc(NC(=O)[C@@H](C)NC(N)=O)cn2)cc1C. The molecule has 7 heteroatoms. The molecule has 0 aliphatic heterocycles. The average Bonchev–Trinajstić information content (AvgIpc) is 2.52. The smallest absolute Gasteiger partial charge is 0.312 e. The third kappa shape index (κ3) is 4.70. The second-order valence-electron chi connectivity index (χ2n) is 5.45. The molecular weight excluding hydrogens is 308 g/mol. The Labute approximate surface area is 140 Å². The number of anilines is 1. The lowest BCUT2D eigenvalue weighted by Crippen LogP contribution is -2.44. The van der Waals surface area contributed by atoms with Gasteiger partial charge in [-0.05, 0) is 50.1 Å². The lowest BCUT2D eigenvalue weighted by atomic mass is 10.1. The van der Waals surface area contributed by atoms with E-state index in [2.05, 4.69) is 15.6 Å². The van der Waals surface area contributed by atoms with Crippen LogP contribution in [0.2, 0.25) is 0 Å². The van der Waals surface area contributed by atoms with E-state index >= 15 is 0 Å². The number of nitrogens with zero attached hydrogens (tertiary/aromatic N) is 1. The summed E-state index contributed by atoms with van der Waals surface area (Å²) >= 11 is 0. The summed E-state index contributed by atoms with van der Waals surface area (Å²) in [7, 11) is 0. The number of ether oxygens (including phenoxy) is 1. The van der Waals surface area contributed by atoms with Gasteiger partial charge in [-0.15, -0.1) is 0 Å². The largest absolute Gasteiger partial charge is 0.439 e. The van der Waals surface area contributed by atoms with Crippen molar-refractivity contribution in [3.63, 3.8) is 0 Å². The van der Waals surface area contributed by atoms with E-state index in [1.807, 2.05) is 32.0 Å². The molecule has 0 aliphatic carbocycles. The number of nitrogens with one attached hydrogen (secondary N) is 2. The van der Waals surface area contributed by atoms with Crippen LogP contribution in [-0.2, 0) is 4.79 Å². The Bertz CT molecular complexity index is 744. The van der Waals surface area contributed by atoms with Crippen molar-refractivity contribution in [1.82, 2.24) is 10.3 Å². The maximum absolute atomic E-state index is 11.9. The van der Waals surface area contributed by atoms with E-state index in [9.17, 15) is 9.59 Å². The summed E-state index contributed by atoms with van der Waals surface area (Å²) in [6.45, 7) is 5.57. The minimum atomic E-state index is -0.757. The summed E-state index contributed by atoms with van der Waals surface area (Å²) in [6, 6.07) is 7.60. The maximum Gasteiger partial charge on any atom is 0.312 e. The van der Waals surface area contributed by atoms with Gasteiger partial charge in [-0.25, -0.2) is 9.78 Å². The highest BCUT2D eigenvalue weighted by molar-refractivity contribution is 5.96. The number of aromatic nitrogens is 1. The van der Waals surface area contributed by atoms with E-state index < -0.39 is 18.0 Å². The van der Waals surface area contributed by atoms with Crippen LogP contribution in [0, 0.1) is 13.8 Å². The molecule has 1 aromatic carbocycles. The van der Waals surface area contributed by atoms with Crippen LogP contribution in [0.4, 0.5) is 10.5 Å². The Morgan fingerprint density at radius 2 is 1.92 bits per heavy atom. The highest BCUT2D eigenvalue weighted by Gasteiger charge is 2.14. The van der Waals surface area contributed by atoms with Crippen LogP contribution in [0.1, 0.15) is 18.1 Å². The molecule has 0 aliphatic rings. The standard InChI is InChI=1S/C17H20N4O3/c1-10-4-6-14(8-11(10)2)24-15-7-5-13(9-19-15)21-16(22)12(3)20-17(18)23/h4-9,12H,1-3H3,(H,21,22)(H3,18,20,23)/t12-/m1/s1. The fourth-order valence-electron chi connectivity index (χ4n) is 1.94. The van der Waals surface area contributed by atoms with Crippen LogP contribution in [0.3, 0.4) is 0 Å². The van der Waals surface area contributed by atoms with Gasteiger partial charge in [-0.2, -0.15) is 0 Å². The molecule has 24 heavy (non-hydrogen) atoms. The monoisotopic (exact) mass is 328 g/mol. The van der Waals surface area contributed by atoms with E-state index in [-0.39, 0.29) is 0 Å². The number of urea groups is 1. The third-order valence-corrected chi connectivity index (χ3v) is 3.46. The van der Waals surface area contributed by atoms with Gasteiger partial charge in [-0.3, -0.25) is 4.79 Å². The lowest BCUT2D eigenvalue weighted by molar-refractivity contribution is -0.117. The Morgan fingerprint density at radius 3 is 2.50 bits per heavy atom. The van der Waals surface area contributed by atoms with Gasteiger partial charge < -0.3 is 21.1 Å². The number of nitrogens with two attached hydrogens (primary N) is 1. The minimum absolute atomic E-state index is 0.390. The van der Waals surface area contributed by atoms with Gasteiger partial charge in [0.25, 0.3) is 0 Å². The number of pyridine rings is 1. The van der Waals surface area contributed by atoms with Gasteiger partial charge in [0.2, 0.25) is 11.8 Å². The summed E-state index contributed by atoms with van der Waals surface area (Å²) in [5.41, 5.74) is 7.79. The predicted molar refractivity (Wildman–Crippen MR) is 91.0 cm³/mol. The van der Waals surface area contributed by atoms with Gasteiger partial charge in [0, 0.05) is 6.07 Å². The summed E-state index contributed by atoms with van der Waals surface area (Å²) in [5.74, 6) is 0.722. The number of hydrogen-bond donors (Lipinski definition) is 3. The van der Waals surface area contributed by atoms with Crippen molar-refractivity contribution in [1.29, 1.82) is 0 Å². The molecule has 7 nitrogen and oxygen atoms in total. The molecule has 1 heterocycles. The quantitative estimate of drug-likeness (QED) is 0.784. The number of aryl methyl sites for hydroxylation is 2. The van der Waals surface area contributed by atoms with Crippen molar-refractivity contribution in [3.8, 4) is 11.6 Å². The van der Waals surface area contributed by atoms with Gasteiger partial charge in [0.15, 0.2) is 0 Å². The van der Waals surface area contributed by atoms with E-state index in [0.29, 0.717) is 17.3 Å². The average molecular weight is 328 g/mol. The van der Waals surface area contributed by atoms with Gasteiger partial charge in [0.1, 0.15) is 11.8 Å². The number of carbonyl (C=O) groups is 2. The zero-order valence-electron chi connectivity index (χ0n) is 13.8. The zero-order valence-corrected chi connectivity index (χ0v) is 13.8. The Morgan fingerprint density at radius 1 is 1.17 bits per heavy atom.